The molecule has 10 heteroatoms. The van der Waals surface area contributed by atoms with Crippen LogP contribution in [0.4, 0.5) is 5.95 Å². The second-order valence-corrected chi connectivity index (χ2v) is 7.85. The quantitative estimate of drug-likeness (QED) is 0.368. The first kappa shape index (κ1) is 22.8. The number of fused-ring (bicyclic) bond motifs is 1. The summed E-state index contributed by atoms with van der Waals surface area (Å²) in [6, 6.07) is 11.8. The van der Waals surface area contributed by atoms with Gasteiger partial charge < -0.3 is 20.1 Å². The van der Waals surface area contributed by atoms with E-state index in [-0.39, 0.29) is 17.2 Å². The first-order valence-electron chi connectivity index (χ1n) is 10.8. The van der Waals surface area contributed by atoms with Crippen LogP contribution in [0.25, 0.3) is 11.0 Å². The number of phenolic OH excluding ortho intramolecular Hbond substituents is 1. The van der Waals surface area contributed by atoms with E-state index in [0.717, 1.165) is 11.3 Å². The minimum atomic E-state index is -0.605. The number of aryl methyl sites for hydroxylation is 4. The van der Waals surface area contributed by atoms with Crippen molar-refractivity contribution in [3.63, 3.8) is 0 Å². The first-order valence-corrected chi connectivity index (χ1v) is 10.8. The summed E-state index contributed by atoms with van der Waals surface area (Å²) in [5.41, 5.74) is 8.98. The summed E-state index contributed by atoms with van der Waals surface area (Å²) in [5.74, 6) is -0.0441. The maximum atomic E-state index is 13.1. The Morgan fingerprint density at radius 3 is 2.56 bits per heavy atom. The normalized spacial score (nSPS) is 11.0. The molecular weight excluding hydrogens is 436 g/mol. The van der Waals surface area contributed by atoms with E-state index in [1.165, 1.54) is 7.11 Å². The second kappa shape index (κ2) is 9.26. The third-order valence-electron chi connectivity index (χ3n) is 5.53. The van der Waals surface area contributed by atoms with E-state index in [2.05, 4.69) is 15.4 Å². The second-order valence-electron chi connectivity index (χ2n) is 7.85. The van der Waals surface area contributed by atoms with Crippen LogP contribution in [0.5, 0.6) is 11.5 Å². The number of rotatable bonds is 8. The highest BCUT2D eigenvalue weighted by atomic mass is 16.5. The molecule has 4 aromatic rings. The summed E-state index contributed by atoms with van der Waals surface area (Å²) >= 11 is 0. The SMILES string of the molecule is CCn1nc(C)cc1C(=O)Nc1nc2cc(C(N)=O)cc(OC)c2n1CCc1ccc(O)cc1. The van der Waals surface area contributed by atoms with Gasteiger partial charge in [-0.2, -0.15) is 5.10 Å². The van der Waals surface area contributed by atoms with Crippen LogP contribution in [0.15, 0.2) is 42.5 Å². The molecule has 0 aliphatic rings. The maximum Gasteiger partial charge on any atom is 0.276 e. The fraction of sp³-hybridized carbons (Fsp3) is 0.250. The number of carbonyl (C=O) groups excluding carboxylic acids is 2. The van der Waals surface area contributed by atoms with Gasteiger partial charge in [0, 0.05) is 18.7 Å². The highest BCUT2D eigenvalue weighted by Crippen LogP contribution is 2.31. The van der Waals surface area contributed by atoms with E-state index in [9.17, 15) is 14.7 Å². The molecule has 4 rings (SSSR count). The predicted octanol–water partition coefficient (Wildman–Crippen LogP) is 2.87. The highest BCUT2D eigenvalue weighted by molar-refractivity contribution is 6.04. The highest BCUT2D eigenvalue weighted by Gasteiger charge is 2.21. The molecule has 0 fully saturated rings. The number of hydrogen-bond acceptors (Lipinski definition) is 6. The number of ether oxygens (including phenoxy) is 1. The van der Waals surface area contributed by atoms with Gasteiger partial charge in [-0.15, -0.1) is 0 Å². The van der Waals surface area contributed by atoms with Crippen LogP contribution in [0.3, 0.4) is 0 Å². The third kappa shape index (κ3) is 4.42. The fourth-order valence-corrected chi connectivity index (χ4v) is 3.88. The molecule has 0 spiro atoms. The van der Waals surface area contributed by atoms with Crippen LogP contribution in [0.2, 0.25) is 0 Å². The van der Waals surface area contributed by atoms with Gasteiger partial charge in [0.25, 0.3) is 5.91 Å². The molecule has 10 nitrogen and oxygen atoms in total. The number of amides is 2. The molecule has 0 unspecified atom stereocenters. The van der Waals surface area contributed by atoms with E-state index < -0.39 is 5.91 Å². The van der Waals surface area contributed by atoms with Gasteiger partial charge in [-0.3, -0.25) is 19.6 Å². The summed E-state index contributed by atoms with van der Waals surface area (Å²) in [5, 5.41) is 16.8. The number of anilines is 1. The Balaban J connectivity index is 1.78. The Morgan fingerprint density at radius 1 is 1.18 bits per heavy atom. The van der Waals surface area contributed by atoms with Crippen molar-refractivity contribution in [3.05, 3.63) is 65.0 Å². The van der Waals surface area contributed by atoms with Crippen LogP contribution in [-0.4, -0.2) is 43.4 Å². The number of benzene rings is 2. The zero-order chi connectivity index (χ0) is 24.4. The Labute approximate surface area is 196 Å². The monoisotopic (exact) mass is 462 g/mol. The van der Waals surface area contributed by atoms with E-state index in [1.807, 2.05) is 30.5 Å². The van der Waals surface area contributed by atoms with Gasteiger partial charge in [-0.1, -0.05) is 12.1 Å². The molecule has 0 aliphatic heterocycles. The number of nitrogens with one attached hydrogen (secondary N) is 1. The van der Waals surface area contributed by atoms with Gasteiger partial charge in [0.1, 0.15) is 22.7 Å². The number of phenols is 1. The Kier molecular flexibility index (Phi) is 6.22. The van der Waals surface area contributed by atoms with Gasteiger partial charge in [0.05, 0.1) is 18.3 Å². The van der Waals surface area contributed by atoms with Crippen molar-refractivity contribution in [2.45, 2.75) is 33.4 Å². The lowest BCUT2D eigenvalue weighted by Gasteiger charge is -2.13. The van der Waals surface area contributed by atoms with Crippen molar-refractivity contribution in [3.8, 4) is 11.5 Å². The lowest BCUT2D eigenvalue weighted by atomic mass is 10.1. The largest absolute Gasteiger partial charge is 0.508 e. The predicted molar refractivity (Wildman–Crippen MR) is 127 cm³/mol. The van der Waals surface area contributed by atoms with Crippen molar-refractivity contribution >= 4 is 28.8 Å². The molecular formula is C24H26N6O4. The van der Waals surface area contributed by atoms with Crippen molar-refractivity contribution in [1.29, 1.82) is 0 Å². The molecule has 0 saturated heterocycles. The topological polar surface area (TPSA) is 137 Å². The number of aromatic hydroxyl groups is 1. The molecule has 34 heavy (non-hydrogen) atoms. The number of carbonyl (C=O) groups is 2. The average molecular weight is 463 g/mol. The minimum Gasteiger partial charge on any atom is -0.508 e. The summed E-state index contributed by atoms with van der Waals surface area (Å²) < 4.78 is 9.00. The Hall–Kier alpha value is -4.34. The number of primary amides is 1. The van der Waals surface area contributed by atoms with Crippen LogP contribution >= 0.6 is 0 Å². The van der Waals surface area contributed by atoms with Gasteiger partial charge >= 0.3 is 0 Å². The molecule has 0 aliphatic carbocycles. The summed E-state index contributed by atoms with van der Waals surface area (Å²) in [6.45, 7) is 4.73. The zero-order valence-electron chi connectivity index (χ0n) is 19.2. The summed E-state index contributed by atoms with van der Waals surface area (Å²) in [6.07, 6.45) is 0.599. The Morgan fingerprint density at radius 2 is 1.91 bits per heavy atom. The molecule has 2 amide bonds. The molecule has 0 bridgehead atoms. The fourth-order valence-electron chi connectivity index (χ4n) is 3.88. The standard InChI is InChI=1S/C24H26N6O4/c1-4-30-19(11-14(2)28-30)23(33)27-24-26-18-12-16(22(25)32)13-20(34-3)21(18)29(24)10-9-15-5-7-17(31)8-6-15/h5-8,11-13,31H,4,9-10H2,1-3H3,(H2,25,32)(H,26,27,33). The van der Waals surface area contributed by atoms with Crippen LogP contribution in [0, 0.1) is 6.92 Å². The van der Waals surface area contributed by atoms with E-state index in [1.54, 1.807) is 35.0 Å². The average Bonchev–Trinajstić information content (AvgIpc) is 3.37. The van der Waals surface area contributed by atoms with Crippen LogP contribution < -0.4 is 15.8 Å². The molecule has 176 valence electrons. The van der Waals surface area contributed by atoms with Crippen molar-refractivity contribution < 1.29 is 19.4 Å². The van der Waals surface area contributed by atoms with E-state index >= 15 is 0 Å². The number of imidazole rings is 1. The summed E-state index contributed by atoms with van der Waals surface area (Å²) in [7, 11) is 1.50. The van der Waals surface area contributed by atoms with Crippen molar-refractivity contribution in [2.24, 2.45) is 5.73 Å². The summed E-state index contributed by atoms with van der Waals surface area (Å²) in [4.78, 5) is 29.5. The van der Waals surface area contributed by atoms with E-state index in [4.69, 9.17) is 10.5 Å². The number of methoxy groups -OCH3 is 1. The third-order valence-corrected chi connectivity index (χ3v) is 5.53. The van der Waals surface area contributed by atoms with Crippen molar-refractivity contribution in [2.75, 3.05) is 12.4 Å². The minimum absolute atomic E-state index is 0.188. The Bertz CT molecular complexity index is 1370. The molecule has 2 aromatic carbocycles. The first-order chi connectivity index (χ1) is 16.3. The van der Waals surface area contributed by atoms with Gasteiger partial charge in [0.2, 0.25) is 11.9 Å². The van der Waals surface area contributed by atoms with E-state index in [0.29, 0.717) is 47.9 Å². The van der Waals surface area contributed by atoms with Gasteiger partial charge in [0.15, 0.2) is 0 Å². The smallest absolute Gasteiger partial charge is 0.276 e. The molecule has 0 atom stereocenters. The van der Waals surface area contributed by atoms with Gasteiger partial charge in [-0.25, -0.2) is 4.98 Å². The number of nitrogens with zero attached hydrogens (tertiary/aromatic N) is 4. The molecule has 2 heterocycles. The number of aromatic nitrogens is 4. The zero-order valence-corrected chi connectivity index (χ0v) is 19.2. The molecule has 2 aromatic heterocycles. The lowest BCUT2D eigenvalue weighted by Crippen LogP contribution is -2.20. The maximum absolute atomic E-state index is 13.1. The van der Waals surface area contributed by atoms with Crippen molar-refractivity contribution in [1.82, 2.24) is 19.3 Å². The molecule has 0 radical (unpaired) electrons. The lowest BCUT2D eigenvalue weighted by molar-refractivity contribution is 0.0995. The van der Waals surface area contributed by atoms with Crippen LogP contribution in [-0.2, 0) is 19.5 Å². The number of hydrogen-bond donors (Lipinski definition) is 3. The van der Waals surface area contributed by atoms with Crippen LogP contribution in [0.1, 0.15) is 39.0 Å². The molecule has 0 saturated carbocycles. The molecule has 4 N–H and O–H groups in total. The van der Waals surface area contributed by atoms with Gasteiger partial charge in [-0.05, 0) is 56.2 Å². The number of nitrogens with two attached hydrogens (primary N) is 1.